The molecule has 0 unspecified atom stereocenters. The van der Waals surface area contributed by atoms with Gasteiger partial charge in [0.2, 0.25) is 17.8 Å². The van der Waals surface area contributed by atoms with Gasteiger partial charge in [-0.25, -0.2) is 28.5 Å². The van der Waals surface area contributed by atoms with Gasteiger partial charge in [0.15, 0.2) is 23.3 Å². The maximum atomic E-state index is 13.7. The SMILES string of the molecule is C#Cc1cnc(N)nc1Cl.C=C(OCCCC)c1cnc(N)nc1N1CCC[C@H]1c1nn2ccc(Cl)c2c(=O)n1-c1ccccc1.CC(=O)c1cnc(N)nc1N1CCC[C@H]1c1nn2ccc(Cl)c2c(=O)n1-c1ccccc1.O=c1c2c(Cl)ccn2nc([C@@H]2CCCN2)n1-c1ccccc1. The van der Waals surface area contributed by atoms with E-state index in [0.717, 1.165) is 69.4 Å². The first kappa shape index (κ1) is 69.0. The molecule has 0 aliphatic carbocycles. The van der Waals surface area contributed by atoms with E-state index in [9.17, 15) is 19.2 Å². The molecule has 7 N–H and O–H groups in total. The molecular weight excluding hydrogens is 1360 g/mol. The van der Waals surface area contributed by atoms with Crippen molar-refractivity contribution in [2.45, 2.75) is 83.3 Å². The Hall–Kier alpha value is -11.0. The highest BCUT2D eigenvalue weighted by atomic mass is 35.5. The highest BCUT2D eigenvalue weighted by Gasteiger charge is 2.37. The summed E-state index contributed by atoms with van der Waals surface area (Å²) >= 11 is 24.4. The molecule has 0 spiro atoms. The number of carbonyl (C=O) groups excluding carboxylic acids is 1. The van der Waals surface area contributed by atoms with E-state index in [1.54, 1.807) is 65.7 Å². The molecule has 12 aromatic rings. The number of nitrogens with zero attached hydrogens (tertiary/aromatic N) is 17. The topological polar surface area (TPSA) is 318 Å². The second-order valence-electron chi connectivity index (χ2n) is 23.4. The van der Waals surface area contributed by atoms with Crippen LogP contribution in [0.2, 0.25) is 20.2 Å². The molecule has 26 nitrogen and oxygen atoms in total. The lowest BCUT2D eigenvalue weighted by Crippen LogP contribution is -2.34. The van der Waals surface area contributed by atoms with E-state index in [0.29, 0.717) is 108 Å². The van der Waals surface area contributed by atoms with Gasteiger partial charge in [0.1, 0.15) is 39.1 Å². The Morgan fingerprint density at radius 2 is 1.01 bits per heavy atom. The first-order chi connectivity index (χ1) is 48.4. The van der Waals surface area contributed by atoms with Crippen LogP contribution in [0.25, 0.3) is 39.4 Å². The molecule has 0 bridgehead atoms. The summed E-state index contributed by atoms with van der Waals surface area (Å²) in [4.78, 5) is 81.0. The van der Waals surface area contributed by atoms with Crippen molar-refractivity contribution in [1.82, 2.24) is 77.8 Å². The highest BCUT2D eigenvalue weighted by molar-refractivity contribution is 6.34. The van der Waals surface area contributed by atoms with Crippen LogP contribution in [0, 0.1) is 12.3 Å². The minimum atomic E-state index is -0.305. The number of nitrogens with two attached hydrogens (primary N) is 3. The van der Waals surface area contributed by atoms with Gasteiger partial charge in [-0.15, -0.1) is 6.42 Å². The van der Waals surface area contributed by atoms with Crippen molar-refractivity contribution >= 4 is 104 Å². The second kappa shape index (κ2) is 30.4. The summed E-state index contributed by atoms with van der Waals surface area (Å²) in [6, 6.07) is 32.9. The molecule has 12 heterocycles. The van der Waals surface area contributed by atoms with Crippen molar-refractivity contribution < 1.29 is 9.53 Å². The number of rotatable bonds is 14. The number of hydrogen-bond acceptors (Lipinski definition) is 20. The summed E-state index contributed by atoms with van der Waals surface area (Å²) in [6.45, 7) is 10.5. The zero-order valence-electron chi connectivity index (χ0n) is 54.2. The molecule has 3 fully saturated rings. The van der Waals surface area contributed by atoms with E-state index >= 15 is 0 Å². The Balaban J connectivity index is 0.000000135. The number of terminal acetylenes is 1. The number of nitrogens with one attached hydrogen (secondary N) is 1. The lowest BCUT2D eigenvalue weighted by atomic mass is 10.1. The minimum absolute atomic E-state index is 0.0803. The second-order valence-corrected chi connectivity index (χ2v) is 25.0. The number of ketones is 1. The summed E-state index contributed by atoms with van der Waals surface area (Å²) in [5, 5.41) is 19.1. The third-order valence-corrected chi connectivity index (χ3v) is 18.2. The standard InChI is InChI=1S/C26H28ClN7O2.C22H20ClN7O2.C16H15ClN4O.C6H4ClN3/c1-3-4-15-36-17(2)19-16-29-26(28)30-23(19)32-13-8-11-21(32)24-31-33-14-12-20(27)22(33)25(35)34(24)18-9-6-5-7-10-18;1-13(31)15-12-25-22(24)26-19(15)28-10-5-8-17(28)20-27-29-11-9-16(23)18(29)21(32)30(20)14-6-3-2-4-7-14;17-12-8-10-20-14(12)16(22)21(11-5-2-1-3-6-11)15(19-20)13-7-4-9-18-13;1-2-4-3-9-6(8)10-5(4)7/h5-7,9-10,12,14,16,21H,2-4,8,11,13,15H2,1H3,(H2,28,29,30);2-4,6-7,9,11-12,17H,5,8,10H2,1H3,(H2,24,25,26);1-3,5-6,8,10,13,18H,4,7,9H2;1,3H,(H2,8,9,10)/t21-;17-;13-;/m000./s1. The number of para-hydroxylation sites is 3. The van der Waals surface area contributed by atoms with E-state index < -0.39 is 0 Å². The van der Waals surface area contributed by atoms with Crippen LogP contribution in [0.1, 0.15) is 122 Å². The van der Waals surface area contributed by atoms with Crippen LogP contribution in [0.5, 0.6) is 0 Å². The molecule has 15 rings (SSSR count). The first-order valence-corrected chi connectivity index (χ1v) is 33.6. The molecule has 0 radical (unpaired) electrons. The zero-order valence-corrected chi connectivity index (χ0v) is 57.3. The predicted molar refractivity (Wildman–Crippen MR) is 388 cm³/mol. The maximum Gasteiger partial charge on any atom is 0.284 e. The Kier molecular flexibility index (Phi) is 21.0. The van der Waals surface area contributed by atoms with Crippen LogP contribution in [0.4, 0.5) is 29.5 Å². The monoisotopic (exact) mass is 1420 g/mol. The van der Waals surface area contributed by atoms with Crippen molar-refractivity contribution in [3.63, 3.8) is 0 Å². The van der Waals surface area contributed by atoms with Crippen LogP contribution in [-0.4, -0.2) is 104 Å². The van der Waals surface area contributed by atoms with Gasteiger partial charge in [0.05, 0.1) is 73.6 Å². The molecule has 3 aromatic carbocycles. The molecular formula is C70H67Cl4N21O5. The molecule has 510 valence electrons. The third-order valence-electron chi connectivity index (χ3n) is 17.0. The van der Waals surface area contributed by atoms with Gasteiger partial charge in [-0.2, -0.15) is 30.2 Å². The molecule has 3 aliphatic rings. The summed E-state index contributed by atoms with van der Waals surface area (Å²) in [6.07, 6.45) is 21.8. The Morgan fingerprint density at radius 3 is 1.43 bits per heavy atom. The van der Waals surface area contributed by atoms with Gasteiger partial charge < -0.3 is 37.1 Å². The smallest absolute Gasteiger partial charge is 0.284 e. The van der Waals surface area contributed by atoms with Gasteiger partial charge in [-0.3, -0.25) is 32.9 Å². The number of carbonyl (C=O) groups is 1. The number of aromatic nitrogens is 15. The van der Waals surface area contributed by atoms with Crippen LogP contribution >= 0.6 is 46.4 Å². The van der Waals surface area contributed by atoms with Crippen molar-refractivity contribution in [1.29, 1.82) is 0 Å². The van der Waals surface area contributed by atoms with Crippen LogP contribution in [-0.2, 0) is 4.74 Å². The number of unbranched alkanes of at least 4 members (excludes halogenated alkanes) is 1. The minimum Gasteiger partial charge on any atom is -0.493 e. The van der Waals surface area contributed by atoms with E-state index in [1.165, 1.54) is 23.8 Å². The van der Waals surface area contributed by atoms with Crippen molar-refractivity contribution in [3.8, 4) is 29.4 Å². The first-order valence-electron chi connectivity index (χ1n) is 32.1. The lowest BCUT2D eigenvalue weighted by molar-refractivity contribution is 0.101. The molecule has 9 aromatic heterocycles. The predicted octanol–water partition coefficient (Wildman–Crippen LogP) is 11.0. The van der Waals surface area contributed by atoms with Crippen LogP contribution < -0.4 is 49.0 Å². The number of anilines is 5. The van der Waals surface area contributed by atoms with Crippen molar-refractivity contribution in [2.24, 2.45) is 0 Å². The van der Waals surface area contributed by atoms with Gasteiger partial charge in [0, 0.05) is 50.3 Å². The van der Waals surface area contributed by atoms with E-state index in [2.05, 4.69) is 64.6 Å². The quantitative estimate of drug-likeness (QED) is 0.0258. The van der Waals surface area contributed by atoms with Crippen LogP contribution in [0.15, 0.2) is 167 Å². The number of nitrogen functional groups attached to an aromatic ring is 3. The fourth-order valence-electron chi connectivity index (χ4n) is 12.3. The van der Waals surface area contributed by atoms with E-state index in [1.807, 2.05) is 95.9 Å². The average molecular weight is 1420 g/mol. The normalized spacial score (nSPS) is 15.6. The lowest BCUT2D eigenvalue weighted by Gasteiger charge is -2.29. The molecule has 3 atom stereocenters. The summed E-state index contributed by atoms with van der Waals surface area (Å²) in [7, 11) is 0. The summed E-state index contributed by atoms with van der Waals surface area (Å²) < 4.78 is 15.4. The van der Waals surface area contributed by atoms with Crippen molar-refractivity contribution in [3.05, 3.63) is 238 Å². The molecule has 0 amide bonds. The third kappa shape index (κ3) is 14.2. The van der Waals surface area contributed by atoms with Crippen LogP contribution in [0.3, 0.4) is 0 Å². The summed E-state index contributed by atoms with van der Waals surface area (Å²) in [5.74, 6) is 5.92. The molecule has 3 saturated heterocycles. The Morgan fingerprint density at radius 1 is 0.590 bits per heavy atom. The number of benzene rings is 3. The average Bonchev–Trinajstić information content (AvgIpc) is 1.53. The number of Topliss-reactive ketones (excluding diaryl/α,β-unsaturated/α-hetero) is 1. The van der Waals surface area contributed by atoms with Gasteiger partial charge in [-0.05, 0) is 113 Å². The zero-order chi connectivity index (χ0) is 70.3. The van der Waals surface area contributed by atoms with Gasteiger partial charge in [-0.1, -0.05) is 127 Å². The molecule has 3 aliphatic heterocycles. The number of halogens is 4. The maximum absolute atomic E-state index is 13.7. The largest absolute Gasteiger partial charge is 0.493 e. The Bertz CT molecular complexity index is 5240. The fraction of sp³-hybridized carbons (Fsp3) is 0.243. The van der Waals surface area contributed by atoms with Gasteiger partial charge in [0.25, 0.3) is 16.7 Å². The van der Waals surface area contributed by atoms with Crippen molar-refractivity contribution in [2.75, 3.05) is 53.2 Å². The number of fused-ring (bicyclic) bond motifs is 3. The van der Waals surface area contributed by atoms with Gasteiger partial charge >= 0.3 is 0 Å². The van der Waals surface area contributed by atoms with E-state index in [4.69, 9.17) is 85.0 Å². The number of hydrogen-bond donors (Lipinski definition) is 4. The fourth-order valence-corrected chi connectivity index (χ4v) is 13.2. The summed E-state index contributed by atoms with van der Waals surface area (Å²) in [5.41, 5.74) is 21.2. The van der Waals surface area contributed by atoms with E-state index in [-0.39, 0.29) is 63.6 Å². The Labute approximate surface area is 592 Å². The molecule has 100 heavy (non-hydrogen) atoms. The molecule has 0 saturated carbocycles. The molecule has 30 heteroatoms. The number of ether oxygens (including phenoxy) is 1. The highest BCUT2D eigenvalue weighted by Crippen LogP contribution is 2.40.